The molecule has 2 aliphatic heterocycles. The second-order valence-electron chi connectivity index (χ2n) is 5.68. The van der Waals surface area contributed by atoms with E-state index in [4.69, 9.17) is 0 Å². The number of alkyl halides is 3. The molecule has 2 fully saturated rings. The number of halogens is 4. The Morgan fingerprint density at radius 3 is 2.40 bits per heavy atom. The van der Waals surface area contributed by atoms with Crippen LogP contribution in [-0.4, -0.2) is 31.1 Å². The van der Waals surface area contributed by atoms with Crippen LogP contribution in [0.1, 0.15) is 11.1 Å². The first-order chi connectivity index (χ1) is 9.43. The van der Waals surface area contributed by atoms with Crippen LogP contribution < -0.4 is 5.32 Å². The number of benzene rings is 1. The second kappa shape index (κ2) is 5.00. The molecule has 0 bridgehead atoms. The van der Waals surface area contributed by atoms with Crippen molar-refractivity contribution < 1.29 is 17.6 Å². The lowest BCUT2D eigenvalue weighted by atomic mass is 10.0. The fraction of sp³-hybridized carbons (Fsp3) is 0.571. The van der Waals surface area contributed by atoms with E-state index in [0.29, 0.717) is 23.9 Å². The Bertz CT molecular complexity index is 488. The average Bonchev–Trinajstić information content (AvgIpc) is 2.90. The molecule has 1 N–H and O–H groups in total. The lowest BCUT2D eigenvalue weighted by molar-refractivity contribution is -0.140. The molecular formula is C14H16F4N2. The first kappa shape index (κ1) is 13.8. The summed E-state index contributed by atoms with van der Waals surface area (Å²) in [6.07, 6.45) is -4.63. The Labute approximate surface area is 114 Å². The summed E-state index contributed by atoms with van der Waals surface area (Å²) >= 11 is 0. The average molecular weight is 288 g/mol. The van der Waals surface area contributed by atoms with Gasteiger partial charge in [-0.25, -0.2) is 4.39 Å². The SMILES string of the molecule is Fc1ccc(CN2CC3CNCC3C2)cc1C(F)(F)F. The lowest BCUT2D eigenvalue weighted by Crippen LogP contribution is -2.25. The maximum Gasteiger partial charge on any atom is 0.419 e. The summed E-state index contributed by atoms with van der Waals surface area (Å²) < 4.78 is 51.2. The van der Waals surface area contributed by atoms with Crippen LogP contribution in [0.25, 0.3) is 0 Å². The molecule has 3 rings (SSSR count). The quantitative estimate of drug-likeness (QED) is 0.841. The molecule has 0 amide bonds. The van der Waals surface area contributed by atoms with Gasteiger partial charge in [0.25, 0.3) is 0 Å². The van der Waals surface area contributed by atoms with Crippen molar-refractivity contribution in [3.8, 4) is 0 Å². The van der Waals surface area contributed by atoms with E-state index in [1.165, 1.54) is 6.07 Å². The van der Waals surface area contributed by atoms with Crippen LogP contribution in [0.4, 0.5) is 17.6 Å². The van der Waals surface area contributed by atoms with Crippen molar-refractivity contribution in [1.82, 2.24) is 10.2 Å². The van der Waals surface area contributed by atoms with Gasteiger partial charge < -0.3 is 5.32 Å². The van der Waals surface area contributed by atoms with E-state index in [1.807, 2.05) is 0 Å². The summed E-state index contributed by atoms with van der Waals surface area (Å²) in [7, 11) is 0. The van der Waals surface area contributed by atoms with E-state index in [-0.39, 0.29) is 0 Å². The summed E-state index contributed by atoms with van der Waals surface area (Å²) in [6.45, 7) is 4.22. The maximum atomic E-state index is 13.2. The van der Waals surface area contributed by atoms with Gasteiger partial charge in [0.2, 0.25) is 0 Å². The van der Waals surface area contributed by atoms with Crippen LogP contribution in [0.15, 0.2) is 18.2 Å². The molecule has 0 saturated carbocycles. The molecule has 1 aromatic carbocycles. The summed E-state index contributed by atoms with van der Waals surface area (Å²) in [5.41, 5.74) is -0.650. The highest BCUT2D eigenvalue weighted by Gasteiger charge is 2.37. The maximum absolute atomic E-state index is 13.2. The molecule has 110 valence electrons. The van der Waals surface area contributed by atoms with Gasteiger partial charge in [0.05, 0.1) is 5.56 Å². The zero-order valence-electron chi connectivity index (χ0n) is 10.9. The third-order valence-electron chi connectivity index (χ3n) is 4.21. The number of rotatable bonds is 2. The highest BCUT2D eigenvalue weighted by atomic mass is 19.4. The van der Waals surface area contributed by atoms with E-state index in [2.05, 4.69) is 10.2 Å². The number of fused-ring (bicyclic) bond motifs is 1. The standard InChI is InChI=1S/C14H16F4N2/c15-13-2-1-9(3-12(13)14(16,17)18)6-20-7-10-4-19-5-11(10)8-20/h1-3,10-11,19H,4-8H2. The topological polar surface area (TPSA) is 15.3 Å². The van der Waals surface area contributed by atoms with Crippen LogP contribution in [0.3, 0.4) is 0 Å². The normalized spacial score (nSPS) is 27.0. The van der Waals surface area contributed by atoms with Crippen LogP contribution in [0, 0.1) is 17.7 Å². The van der Waals surface area contributed by atoms with Crippen molar-refractivity contribution >= 4 is 0 Å². The molecule has 0 aliphatic carbocycles. The molecule has 2 unspecified atom stereocenters. The zero-order valence-corrected chi connectivity index (χ0v) is 10.9. The number of likely N-dealkylation sites (tertiary alicyclic amines) is 1. The molecule has 2 aliphatic rings. The van der Waals surface area contributed by atoms with Crippen molar-refractivity contribution in [1.29, 1.82) is 0 Å². The third kappa shape index (κ3) is 2.67. The largest absolute Gasteiger partial charge is 0.419 e. The number of hydrogen-bond acceptors (Lipinski definition) is 2. The highest BCUT2D eigenvalue weighted by Crippen LogP contribution is 2.33. The molecule has 2 saturated heterocycles. The molecule has 2 heterocycles. The Hall–Kier alpha value is -1.14. The Morgan fingerprint density at radius 1 is 1.15 bits per heavy atom. The zero-order chi connectivity index (χ0) is 14.3. The third-order valence-corrected chi connectivity index (χ3v) is 4.21. The van der Waals surface area contributed by atoms with Crippen LogP contribution in [0.5, 0.6) is 0 Å². The summed E-state index contributed by atoms with van der Waals surface area (Å²) in [5, 5.41) is 3.32. The van der Waals surface area contributed by atoms with E-state index in [9.17, 15) is 17.6 Å². The van der Waals surface area contributed by atoms with Crippen molar-refractivity contribution in [2.24, 2.45) is 11.8 Å². The molecule has 0 spiro atoms. The van der Waals surface area contributed by atoms with Gasteiger partial charge in [-0.1, -0.05) is 6.07 Å². The summed E-state index contributed by atoms with van der Waals surface area (Å²) in [5.74, 6) is -0.0150. The lowest BCUT2D eigenvalue weighted by Gasteiger charge is -2.18. The van der Waals surface area contributed by atoms with Crippen molar-refractivity contribution in [2.75, 3.05) is 26.2 Å². The molecule has 0 aromatic heterocycles. The van der Waals surface area contributed by atoms with E-state index >= 15 is 0 Å². The predicted octanol–water partition coefficient (Wildman–Crippen LogP) is 2.50. The summed E-state index contributed by atoms with van der Waals surface area (Å²) in [4.78, 5) is 2.16. The first-order valence-corrected chi connectivity index (χ1v) is 6.72. The molecule has 2 nitrogen and oxygen atoms in total. The van der Waals surface area contributed by atoms with Gasteiger partial charge in [-0.15, -0.1) is 0 Å². The van der Waals surface area contributed by atoms with Gasteiger partial charge in [0.15, 0.2) is 0 Å². The Balaban J connectivity index is 1.72. The van der Waals surface area contributed by atoms with Gasteiger partial charge in [-0.05, 0) is 42.6 Å². The number of nitrogens with one attached hydrogen (secondary N) is 1. The molecule has 20 heavy (non-hydrogen) atoms. The van der Waals surface area contributed by atoms with E-state index < -0.39 is 17.6 Å². The van der Waals surface area contributed by atoms with Gasteiger partial charge in [0.1, 0.15) is 5.82 Å². The number of nitrogens with zero attached hydrogens (tertiary/aromatic N) is 1. The summed E-state index contributed by atoms with van der Waals surface area (Å²) in [6, 6.07) is 3.29. The fourth-order valence-electron chi connectivity index (χ4n) is 3.23. The molecule has 2 atom stereocenters. The van der Waals surface area contributed by atoms with Crippen molar-refractivity contribution in [3.05, 3.63) is 35.1 Å². The van der Waals surface area contributed by atoms with Gasteiger partial charge >= 0.3 is 6.18 Å². The molecule has 1 aromatic rings. The highest BCUT2D eigenvalue weighted by molar-refractivity contribution is 5.27. The van der Waals surface area contributed by atoms with Gasteiger partial charge in [-0.2, -0.15) is 13.2 Å². The molecular weight excluding hydrogens is 272 g/mol. The minimum Gasteiger partial charge on any atom is -0.316 e. The Morgan fingerprint density at radius 2 is 1.80 bits per heavy atom. The van der Waals surface area contributed by atoms with E-state index in [0.717, 1.165) is 38.3 Å². The number of hydrogen-bond donors (Lipinski definition) is 1. The second-order valence-corrected chi connectivity index (χ2v) is 5.68. The van der Waals surface area contributed by atoms with Crippen LogP contribution in [-0.2, 0) is 12.7 Å². The van der Waals surface area contributed by atoms with Crippen molar-refractivity contribution in [3.63, 3.8) is 0 Å². The Kier molecular flexibility index (Phi) is 3.46. The molecule has 0 radical (unpaired) electrons. The van der Waals surface area contributed by atoms with Crippen molar-refractivity contribution in [2.45, 2.75) is 12.7 Å². The first-order valence-electron chi connectivity index (χ1n) is 6.72. The molecule has 6 heteroatoms. The minimum atomic E-state index is -4.63. The smallest absolute Gasteiger partial charge is 0.316 e. The monoisotopic (exact) mass is 288 g/mol. The van der Waals surface area contributed by atoms with Crippen LogP contribution in [0.2, 0.25) is 0 Å². The van der Waals surface area contributed by atoms with E-state index in [1.54, 1.807) is 0 Å². The predicted molar refractivity (Wildman–Crippen MR) is 66.5 cm³/mol. The minimum absolute atomic E-state index is 0.455. The van der Waals surface area contributed by atoms with Gasteiger partial charge in [-0.3, -0.25) is 4.90 Å². The fourth-order valence-corrected chi connectivity index (χ4v) is 3.23. The van der Waals surface area contributed by atoms with Crippen LogP contribution >= 0.6 is 0 Å². The van der Waals surface area contributed by atoms with Gasteiger partial charge in [0, 0.05) is 19.6 Å².